The molecule has 0 fully saturated rings. The lowest BCUT2D eigenvalue weighted by Crippen LogP contribution is -2.27. The van der Waals surface area contributed by atoms with Crippen molar-refractivity contribution in [3.63, 3.8) is 0 Å². The van der Waals surface area contributed by atoms with Crippen LogP contribution in [0.2, 0.25) is 0 Å². The van der Waals surface area contributed by atoms with Crippen LogP contribution >= 0.6 is 0 Å². The van der Waals surface area contributed by atoms with Crippen molar-refractivity contribution in [2.75, 3.05) is 0 Å². The van der Waals surface area contributed by atoms with Crippen molar-refractivity contribution >= 4 is 0 Å². The van der Waals surface area contributed by atoms with Crippen LogP contribution in [0.1, 0.15) is 37.2 Å². The summed E-state index contributed by atoms with van der Waals surface area (Å²) in [6.07, 6.45) is 34.5. The fraction of sp³-hybridized carbons (Fsp3) is 0.229. The zero-order valence-corrected chi connectivity index (χ0v) is 20.6. The van der Waals surface area contributed by atoms with Gasteiger partial charge >= 0.3 is 0 Å². The summed E-state index contributed by atoms with van der Waals surface area (Å²) in [6.45, 7) is 0. The topological polar surface area (TPSA) is 12.9 Å². The van der Waals surface area contributed by atoms with E-state index in [-0.39, 0.29) is 0 Å². The first-order valence-electron chi connectivity index (χ1n) is 13.4. The van der Waals surface area contributed by atoms with Gasteiger partial charge in [0.15, 0.2) is 0 Å². The van der Waals surface area contributed by atoms with Crippen LogP contribution in [0.3, 0.4) is 0 Å². The van der Waals surface area contributed by atoms with Crippen LogP contribution < -0.4 is 0 Å². The van der Waals surface area contributed by atoms with Gasteiger partial charge in [-0.15, -0.1) is 0 Å². The van der Waals surface area contributed by atoms with Gasteiger partial charge in [-0.3, -0.25) is 4.98 Å². The third-order valence-corrected chi connectivity index (χ3v) is 8.53. The molecule has 1 aromatic carbocycles. The van der Waals surface area contributed by atoms with Crippen LogP contribution in [0.15, 0.2) is 143 Å². The average molecular weight is 466 g/mol. The summed E-state index contributed by atoms with van der Waals surface area (Å²) in [6, 6.07) is 13.5. The maximum atomic E-state index is 4.22. The van der Waals surface area contributed by atoms with Crippen LogP contribution in [0, 0.1) is 17.8 Å². The number of allylic oxidation sites excluding steroid dienone is 16. The predicted octanol–water partition coefficient (Wildman–Crippen LogP) is 8.61. The molecule has 0 aliphatic heterocycles. The minimum absolute atomic E-state index is 0.439. The molecule has 5 aliphatic rings. The lowest BCUT2D eigenvalue weighted by Gasteiger charge is -2.41. The molecule has 0 amide bonds. The lowest BCUT2D eigenvalue weighted by molar-refractivity contribution is 0.472. The van der Waals surface area contributed by atoms with Crippen molar-refractivity contribution in [2.45, 2.75) is 31.6 Å². The molecule has 1 nitrogen and oxygen atoms in total. The predicted molar refractivity (Wildman–Crippen MR) is 149 cm³/mol. The van der Waals surface area contributed by atoms with Gasteiger partial charge in [-0.25, -0.2) is 0 Å². The molecule has 0 bridgehead atoms. The summed E-state index contributed by atoms with van der Waals surface area (Å²) >= 11 is 0. The Morgan fingerprint density at radius 3 is 2.56 bits per heavy atom. The van der Waals surface area contributed by atoms with Crippen LogP contribution in [-0.2, 0) is 0 Å². The molecular formula is C35H31N. The van der Waals surface area contributed by atoms with Crippen LogP contribution in [0.4, 0.5) is 0 Å². The zero-order valence-electron chi connectivity index (χ0n) is 20.6. The Hall–Kier alpha value is -3.71. The highest BCUT2D eigenvalue weighted by Gasteiger charge is 2.38. The molecule has 0 spiro atoms. The lowest BCUT2D eigenvalue weighted by atomic mass is 9.62. The number of aromatic nitrogens is 1. The van der Waals surface area contributed by atoms with Gasteiger partial charge in [0.1, 0.15) is 0 Å². The monoisotopic (exact) mass is 465 g/mol. The molecule has 36 heavy (non-hydrogen) atoms. The number of rotatable bonds is 3. The van der Waals surface area contributed by atoms with Crippen molar-refractivity contribution < 1.29 is 0 Å². The van der Waals surface area contributed by atoms with E-state index in [2.05, 4.69) is 108 Å². The number of hydrogen-bond acceptors (Lipinski definition) is 1. The maximum Gasteiger partial charge on any atom is 0.0273 e. The summed E-state index contributed by atoms with van der Waals surface area (Å²) in [7, 11) is 0. The third-order valence-electron chi connectivity index (χ3n) is 8.53. The number of hydrogen-bond donors (Lipinski definition) is 0. The van der Waals surface area contributed by atoms with Gasteiger partial charge < -0.3 is 0 Å². The van der Waals surface area contributed by atoms with Gasteiger partial charge in [-0.2, -0.15) is 0 Å². The van der Waals surface area contributed by atoms with E-state index in [1.165, 1.54) is 45.4 Å². The number of nitrogens with zero attached hydrogens (tertiary/aromatic N) is 1. The number of fused-ring (bicyclic) bond motifs is 2. The maximum absolute atomic E-state index is 4.22. The minimum atomic E-state index is 0.439. The first-order chi connectivity index (χ1) is 17.9. The van der Waals surface area contributed by atoms with E-state index in [9.17, 15) is 0 Å². The second-order valence-electron chi connectivity index (χ2n) is 10.5. The summed E-state index contributed by atoms with van der Waals surface area (Å²) < 4.78 is 0. The SMILES string of the molecule is C1=CC2C=CC(C3=C4C=CCCC4C(c4cccc(-c5ccncc5)c4)C4=C3C=CCC4)=CC2C=C1. The van der Waals surface area contributed by atoms with Crippen molar-refractivity contribution in [3.05, 3.63) is 149 Å². The second-order valence-corrected chi connectivity index (χ2v) is 10.5. The van der Waals surface area contributed by atoms with E-state index in [4.69, 9.17) is 0 Å². The van der Waals surface area contributed by atoms with Crippen molar-refractivity contribution in [2.24, 2.45) is 17.8 Å². The van der Waals surface area contributed by atoms with Crippen molar-refractivity contribution in [1.29, 1.82) is 0 Å². The molecular weight excluding hydrogens is 434 g/mol. The van der Waals surface area contributed by atoms with Gasteiger partial charge in [-0.05, 0) is 82.7 Å². The second kappa shape index (κ2) is 9.06. The Balaban J connectivity index is 1.37. The largest absolute Gasteiger partial charge is 0.265 e. The van der Waals surface area contributed by atoms with E-state index in [1.54, 1.807) is 5.57 Å². The first kappa shape index (κ1) is 21.6. The van der Waals surface area contributed by atoms with E-state index >= 15 is 0 Å². The third kappa shape index (κ3) is 3.66. The molecule has 0 radical (unpaired) electrons. The smallest absolute Gasteiger partial charge is 0.0273 e. The Bertz CT molecular complexity index is 1440. The highest BCUT2D eigenvalue weighted by molar-refractivity contribution is 5.69. The normalized spacial score (nSPS) is 28.1. The van der Waals surface area contributed by atoms with Crippen LogP contribution in [0.5, 0.6) is 0 Å². The van der Waals surface area contributed by atoms with Gasteiger partial charge in [-0.1, -0.05) is 96.7 Å². The molecule has 1 aromatic heterocycles. The average Bonchev–Trinajstić information content (AvgIpc) is 2.96. The van der Waals surface area contributed by atoms with Crippen LogP contribution in [0.25, 0.3) is 11.1 Å². The molecule has 4 unspecified atom stereocenters. The summed E-state index contributed by atoms with van der Waals surface area (Å²) in [5, 5.41) is 0. The van der Waals surface area contributed by atoms with Gasteiger partial charge in [0.05, 0.1) is 0 Å². The molecule has 5 aliphatic carbocycles. The Labute approximate surface area is 214 Å². The molecule has 0 saturated heterocycles. The van der Waals surface area contributed by atoms with E-state index < -0.39 is 0 Å². The highest BCUT2D eigenvalue weighted by atomic mass is 14.6. The van der Waals surface area contributed by atoms with E-state index in [0.717, 1.165) is 19.3 Å². The number of pyridine rings is 1. The van der Waals surface area contributed by atoms with Crippen molar-refractivity contribution in [1.82, 2.24) is 4.98 Å². The van der Waals surface area contributed by atoms with Gasteiger partial charge in [0.25, 0.3) is 0 Å². The molecule has 4 atom stereocenters. The Morgan fingerprint density at radius 1 is 0.778 bits per heavy atom. The summed E-state index contributed by atoms with van der Waals surface area (Å²) in [4.78, 5) is 4.22. The van der Waals surface area contributed by atoms with E-state index in [1.807, 2.05) is 12.4 Å². The standard InChI is InChI=1S/C35H31N/c1-2-9-26-23-29(17-16-24(26)8-1)35-32-14-5-3-12-30(32)34(31-13-4-6-15-33(31)35)28-11-7-10-27(22-28)25-18-20-36-21-19-25/h1-2,5-11,14-24,26,30,34H,3-4,12-13H2. The van der Waals surface area contributed by atoms with Gasteiger partial charge in [0.2, 0.25) is 0 Å². The van der Waals surface area contributed by atoms with E-state index in [0.29, 0.717) is 23.7 Å². The molecule has 2 aromatic rings. The summed E-state index contributed by atoms with van der Waals surface area (Å²) in [5.41, 5.74) is 11.5. The van der Waals surface area contributed by atoms with Gasteiger partial charge in [0, 0.05) is 30.1 Å². The highest BCUT2D eigenvalue weighted by Crippen LogP contribution is 2.53. The van der Waals surface area contributed by atoms with Crippen molar-refractivity contribution in [3.8, 4) is 11.1 Å². The van der Waals surface area contributed by atoms with Crippen LogP contribution in [-0.4, -0.2) is 4.98 Å². The molecule has 1 heterocycles. The molecule has 0 N–H and O–H groups in total. The summed E-state index contributed by atoms with van der Waals surface area (Å²) in [5.74, 6) is 1.91. The minimum Gasteiger partial charge on any atom is -0.265 e. The Kier molecular flexibility index (Phi) is 5.43. The fourth-order valence-corrected chi connectivity index (χ4v) is 6.88. The molecule has 0 saturated carbocycles. The number of benzene rings is 1. The quantitative estimate of drug-likeness (QED) is 0.442. The molecule has 7 rings (SSSR count). The zero-order chi connectivity index (χ0) is 23.9. The molecule has 1 heteroatoms. The molecule has 176 valence electrons. The Morgan fingerprint density at radius 2 is 1.64 bits per heavy atom. The fourth-order valence-electron chi connectivity index (χ4n) is 6.88. The first-order valence-corrected chi connectivity index (χ1v) is 13.4.